The first-order valence-corrected chi connectivity index (χ1v) is 8.55. The molecule has 1 aliphatic rings. The van der Waals surface area contributed by atoms with Crippen molar-refractivity contribution >= 4 is 11.7 Å². The smallest absolute Gasteiger partial charge is 0.321 e. The fourth-order valence-corrected chi connectivity index (χ4v) is 3.09. The molecule has 132 valence electrons. The van der Waals surface area contributed by atoms with Gasteiger partial charge in [-0.2, -0.15) is 4.98 Å². The maximum Gasteiger partial charge on any atom is 0.321 e. The Hall–Kier alpha value is -3.22. The number of pyridine rings is 1. The van der Waals surface area contributed by atoms with Gasteiger partial charge < -0.3 is 14.7 Å². The zero-order valence-electron chi connectivity index (χ0n) is 14.4. The Bertz CT molecular complexity index is 909. The number of aromatic nitrogens is 3. The number of carbonyl (C=O) groups is 1. The molecule has 0 bridgehead atoms. The van der Waals surface area contributed by atoms with Gasteiger partial charge in [-0.25, -0.2) is 4.79 Å². The van der Waals surface area contributed by atoms with E-state index in [1.807, 2.05) is 43.3 Å². The average molecular weight is 349 g/mol. The number of urea groups is 1. The van der Waals surface area contributed by atoms with E-state index in [0.717, 1.165) is 23.2 Å². The maximum atomic E-state index is 12.5. The number of likely N-dealkylation sites (tertiary alicyclic amines) is 1. The van der Waals surface area contributed by atoms with Crippen LogP contribution in [-0.2, 0) is 0 Å². The van der Waals surface area contributed by atoms with Crippen molar-refractivity contribution < 1.29 is 9.32 Å². The zero-order chi connectivity index (χ0) is 17.9. The van der Waals surface area contributed by atoms with E-state index in [9.17, 15) is 4.79 Å². The molecule has 0 radical (unpaired) electrons. The maximum absolute atomic E-state index is 12.5. The summed E-state index contributed by atoms with van der Waals surface area (Å²) in [4.78, 5) is 22.7. The lowest BCUT2D eigenvalue weighted by Gasteiger charge is -2.17. The Kier molecular flexibility index (Phi) is 4.35. The highest BCUT2D eigenvalue weighted by Gasteiger charge is 2.30. The molecule has 0 spiro atoms. The van der Waals surface area contributed by atoms with Gasteiger partial charge in [0.1, 0.15) is 0 Å². The molecule has 1 aliphatic heterocycles. The number of benzene rings is 1. The van der Waals surface area contributed by atoms with Gasteiger partial charge >= 0.3 is 6.03 Å². The summed E-state index contributed by atoms with van der Waals surface area (Å²) in [5, 5.41) is 7.04. The highest BCUT2D eigenvalue weighted by Crippen LogP contribution is 2.27. The molecule has 1 saturated heterocycles. The second kappa shape index (κ2) is 6.95. The molecule has 4 rings (SSSR count). The molecule has 7 nitrogen and oxygen atoms in total. The van der Waals surface area contributed by atoms with Crippen LogP contribution in [0.25, 0.3) is 11.5 Å². The summed E-state index contributed by atoms with van der Waals surface area (Å²) in [5.41, 5.74) is 2.75. The third-order valence-electron chi connectivity index (χ3n) is 4.48. The lowest BCUT2D eigenvalue weighted by atomic mass is 10.1. The predicted octanol–water partition coefficient (Wildman–Crippen LogP) is 3.46. The number of amides is 2. The standard InChI is InChI=1S/C19H19N5O2/c1-13-3-2-4-16(11-13)21-19(25)24-10-7-15(12-24)17-22-18(26-23-17)14-5-8-20-9-6-14/h2-6,8-9,11,15H,7,10,12H2,1H3,(H,21,25). The normalized spacial score (nSPS) is 16.7. The van der Waals surface area contributed by atoms with Crippen molar-refractivity contribution in [2.45, 2.75) is 19.3 Å². The van der Waals surface area contributed by atoms with Crippen LogP contribution in [0.3, 0.4) is 0 Å². The number of nitrogens with one attached hydrogen (secondary N) is 1. The second-order valence-corrected chi connectivity index (χ2v) is 6.42. The van der Waals surface area contributed by atoms with Crippen molar-refractivity contribution in [3.8, 4) is 11.5 Å². The van der Waals surface area contributed by atoms with Crippen LogP contribution in [0, 0.1) is 6.92 Å². The van der Waals surface area contributed by atoms with E-state index in [1.165, 1.54) is 0 Å². The number of anilines is 1. The van der Waals surface area contributed by atoms with Crippen molar-refractivity contribution in [3.05, 3.63) is 60.2 Å². The lowest BCUT2D eigenvalue weighted by molar-refractivity contribution is 0.222. The van der Waals surface area contributed by atoms with E-state index in [0.29, 0.717) is 24.8 Å². The topological polar surface area (TPSA) is 84.2 Å². The lowest BCUT2D eigenvalue weighted by Crippen LogP contribution is -2.32. The van der Waals surface area contributed by atoms with Crippen molar-refractivity contribution in [1.29, 1.82) is 0 Å². The van der Waals surface area contributed by atoms with Crippen molar-refractivity contribution in [1.82, 2.24) is 20.0 Å². The Morgan fingerprint density at radius 2 is 2.12 bits per heavy atom. The molecule has 1 N–H and O–H groups in total. The molecule has 1 fully saturated rings. The third kappa shape index (κ3) is 3.42. The zero-order valence-corrected chi connectivity index (χ0v) is 14.4. The van der Waals surface area contributed by atoms with Gasteiger partial charge in [0, 0.05) is 42.7 Å². The van der Waals surface area contributed by atoms with Gasteiger partial charge in [-0.05, 0) is 43.2 Å². The first-order valence-electron chi connectivity index (χ1n) is 8.55. The van der Waals surface area contributed by atoms with E-state index in [-0.39, 0.29) is 11.9 Å². The highest BCUT2D eigenvalue weighted by molar-refractivity contribution is 5.89. The Labute approximate surface area is 151 Å². The number of rotatable bonds is 3. The Morgan fingerprint density at radius 3 is 2.92 bits per heavy atom. The Morgan fingerprint density at radius 1 is 1.27 bits per heavy atom. The van der Waals surface area contributed by atoms with Crippen LogP contribution < -0.4 is 5.32 Å². The van der Waals surface area contributed by atoms with Gasteiger partial charge in [-0.15, -0.1) is 0 Å². The van der Waals surface area contributed by atoms with E-state index in [4.69, 9.17) is 4.52 Å². The molecular formula is C19H19N5O2. The van der Waals surface area contributed by atoms with Crippen LogP contribution in [0.1, 0.15) is 23.7 Å². The molecule has 0 aliphatic carbocycles. The first kappa shape index (κ1) is 16.3. The summed E-state index contributed by atoms with van der Waals surface area (Å²) < 4.78 is 5.36. The second-order valence-electron chi connectivity index (χ2n) is 6.42. The number of hydrogen-bond acceptors (Lipinski definition) is 5. The van der Waals surface area contributed by atoms with Crippen LogP contribution in [0.2, 0.25) is 0 Å². The number of carbonyl (C=O) groups excluding carboxylic acids is 1. The average Bonchev–Trinajstić information content (AvgIpc) is 3.32. The largest absolute Gasteiger partial charge is 0.334 e. The van der Waals surface area contributed by atoms with Crippen molar-refractivity contribution in [3.63, 3.8) is 0 Å². The monoisotopic (exact) mass is 349 g/mol. The SMILES string of the molecule is Cc1cccc(NC(=O)N2CCC(c3noc(-c4ccncc4)n3)C2)c1. The first-order chi connectivity index (χ1) is 12.7. The molecule has 7 heteroatoms. The minimum atomic E-state index is -0.101. The number of hydrogen-bond donors (Lipinski definition) is 1. The number of nitrogens with zero attached hydrogens (tertiary/aromatic N) is 4. The molecular weight excluding hydrogens is 330 g/mol. The van der Waals surface area contributed by atoms with Crippen LogP contribution in [0.15, 0.2) is 53.3 Å². The van der Waals surface area contributed by atoms with Crippen molar-refractivity contribution in [2.75, 3.05) is 18.4 Å². The summed E-state index contributed by atoms with van der Waals surface area (Å²) >= 11 is 0. The Balaban J connectivity index is 1.41. The summed E-state index contributed by atoms with van der Waals surface area (Å²) in [6, 6.07) is 11.3. The fourth-order valence-electron chi connectivity index (χ4n) is 3.09. The van der Waals surface area contributed by atoms with Crippen molar-refractivity contribution in [2.24, 2.45) is 0 Å². The van der Waals surface area contributed by atoms with E-state index in [1.54, 1.807) is 17.3 Å². The molecule has 26 heavy (non-hydrogen) atoms. The van der Waals surface area contributed by atoms with Crippen LogP contribution in [0.5, 0.6) is 0 Å². The summed E-state index contributed by atoms with van der Waals surface area (Å²) in [5.74, 6) is 1.20. The highest BCUT2D eigenvalue weighted by atomic mass is 16.5. The van der Waals surface area contributed by atoms with E-state index >= 15 is 0 Å². The molecule has 3 heterocycles. The quantitative estimate of drug-likeness (QED) is 0.783. The van der Waals surface area contributed by atoms with E-state index in [2.05, 4.69) is 20.4 Å². The molecule has 2 aromatic heterocycles. The van der Waals surface area contributed by atoms with Crippen LogP contribution in [0.4, 0.5) is 10.5 Å². The van der Waals surface area contributed by atoms with Crippen LogP contribution >= 0.6 is 0 Å². The van der Waals surface area contributed by atoms with Gasteiger partial charge in [-0.3, -0.25) is 4.98 Å². The predicted molar refractivity (Wildman–Crippen MR) is 96.7 cm³/mol. The minimum absolute atomic E-state index is 0.0811. The van der Waals surface area contributed by atoms with Gasteiger partial charge in [0.25, 0.3) is 5.89 Å². The molecule has 0 saturated carbocycles. The van der Waals surface area contributed by atoms with Gasteiger partial charge in [0.05, 0.1) is 0 Å². The molecule has 1 unspecified atom stereocenters. The van der Waals surface area contributed by atoms with Gasteiger partial charge in [-0.1, -0.05) is 17.3 Å². The fraction of sp³-hybridized carbons (Fsp3) is 0.263. The van der Waals surface area contributed by atoms with Gasteiger partial charge in [0.15, 0.2) is 5.82 Å². The summed E-state index contributed by atoms with van der Waals surface area (Å²) in [6.07, 6.45) is 4.19. The van der Waals surface area contributed by atoms with Gasteiger partial charge in [0.2, 0.25) is 0 Å². The van der Waals surface area contributed by atoms with E-state index < -0.39 is 0 Å². The summed E-state index contributed by atoms with van der Waals surface area (Å²) in [7, 11) is 0. The molecule has 1 atom stereocenters. The third-order valence-corrected chi connectivity index (χ3v) is 4.48. The number of aryl methyl sites for hydroxylation is 1. The minimum Gasteiger partial charge on any atom is -0.334 e. The summed E-state index contributed by atoms with van der Waals surface area (Å²) in [6.45, 7) is 3.24. The molecule has 3 aromatic rings. The van der Waals surface area contributed by atoms with Crippen LogP contribution in [-0.4, -0.2) is 39.1 Å². The molecule has 2 amide bonds. The molecule has 1 aromatic carbocycles.